The van der Waals surface area contributed by atoms with Crippen molar-refractivity contribution in [2.24, 2.45) is 17.6 Å². The zero-order valence-electron chi connectivity index (χ0n) is 12.6. The first kappa shape index (κ1) is 14.5. The molecule has 1 heterocycles. The van der Waals surface area contributed by atoms with Gasteiger partial charge in [0, 0.05) is 18.5 Å². The van der Waals surface area contributed by atoms with Crippen molar-refractivity contribution in [3.05, 3.63) is 12.2 Å². The lowest BCUT2D eigenvalue weighted by Gasteiger charge is -2.39. The van der Waals surface area contributed by atoms with E-state index in [9.17, 15) is 0 Å². The monoisotopic (exact) mass is 264 g/mol. The molecule has 2 unspecified atom stereocenters. The molecule has 0 aliphatic heterocycles. The summed E-state index contributed by atoms with van der Waals surface area (Å²) in [5.74, 6) is 2.56. The van der Waals surface area contributed by atoms with Crippen molar-refractivity contribution in [2.75, 3.05) is 0 Å². The third-order valence-electron chi connectivity index (χ3n) is 4.50. The van der Waals surface area contributed by atoms with Crippen LogP contribution in [0.15, 0.2) is 6.33 Å². The van der Waals surface area contributed by atoms with Crippen LogP contribution in [0.5, 0.6) is 0 Å². The second-order valence-electron chi connectivity index (χ2n) is 6.54. The quantitative estimate of drug-likeness (QED) is 0.889. The lowest BCUT2D eigenvalue weighted by molar-refractivity contribution is 0.179. The fourth-order valence-corrected chi connectivity index (χ4v) is 3.31. The highest BCUT2D eigenvalue weighted by molar-refractivity contribution is 5.00. The van der Waals surface area contributed by atoms with Gasteiger partial charge in [-0.2, -0.15) is 5.10 Å². The Labute approximate surface area is 116 Å². The number of nitrogens with zero attached hydrogens (tertiary/aromatic N) is 3. The van der Waals surface area contributed by atoms with Crippen LogP contribution in [0.2, 0.25) is 0 Å². The molecule has 0 saturated heterocycles. The van der Waals surface area contributed by atoms with Crippen LogP contribution >= 0.6 is 0 Å². The molecular weight excluding hydrogens is 236 g/mol. The Morgan fingerprint density at radius 2 is 2.32 bits per heavy atom. The van der Waals surface area contributed by atoms with Gasteiger partial charge in [0.1, 0.15) is 12.2 Å². The summed E-state index contributed by atoms with van der Waals surface area (Å²) in [5, 5.41) is 4.31. The van der Waals surface area contributed by atoms with Crippen LogP contribution in [0, 0.1) is 11.8 Å². The number of aromatic nitrogens is 3. The van der Waals surface area contributed by atoms with E-state index in [1.54, 1.807) is 6.33 Å². The van der Waals surface area contributed by atoms with Crippen molar-refractivity contribution in [3.63, 3.8) is 0 Å². The summed E-state index contributed by atoms with van der Waals surface area (Å²) in [5.41, 5.74) is 6.58. The van der Waals surface area contributed by atoms with E-state index in [1.165, 1.54) is 12.8 Å². The standard InChI is InChI=1S/C15H28N4/c1-4-8-19-14(17-11-18-19)10-15(16)7-5-6-13(9-15)12(2)3/h11-13H,4-10,16H2,1-3H3. The minimum Gasteiger partial charge on any atom is -0.325 e. The molecule has 108 valence electrons. The average Bonchev–Trinajstić information content (AvgIpc) is 2.76. The maximum Gasteiger partial charge on any atom is 0.138 e. The topological polar surface area (TPSA) is 56.7 Å². The van der Waals surface area contributed by atoms with E-state index in [2.05, 4.69) is 30.9 Å². The van der Waals surface area contributed by atoms with E-state index in [-0.39, 0.29) is 5.54 Å². The predicted molar refractivity (Wildman–Crippen MR) is 77.7 cm³/mol. The van der Waals surface area contributed by atoms with Gasteiger partial charge in [-0.1, -0.05) is 33.6 Å². The Morgan fingerprint density at radius 3 is 3.00 bits per heavy atom. The lowest BCUT2D eigenvalue weighted by atomic mass is 9.71. The first-order chi connectivity index (χ1) is 9.04. The summed E-state index contributed by atoms with van der Waals surface area (Å²) in [7, 11) is 0. The first-order valence-electron chi connectivity index (χ1n) is 7.69. The minimum atomic E-state index is -0.0777. The van der Waals surface area contributed by atoms with E-state index in [0.29, 0.717) is 0 Å². The molecule has 0 aromatic carbocycles. The fourth-order valence-electron chi connectivity index (χ4n) is 3.31. The van der Waals surface area contributed by atoms with Gasteiger partial charge in [0.25, 0.3) is 0 Å². The van der Waals surface area contributed by atoms with Crippen molar-refractivity contribution < 1.29 is 0 Å². The third-order valence-corrected chi connectivity index (χ3v) is 4.50. The van der Waals surface area contributed by atoms with Crippen LogP contribution in [0.1, 0.15) is 58.7 Å². The molecule has 19 heavy (non-hydrogen) atoms. The van der Waals surface area contributed by atoms with Crippen molar-refractivity contribution in [2.45, 2.75) is 71.4 Å². The summed E-state index contributed by atoms with van der Waals surface area (Å²) in [6, 6.07) is 0. The predicted octanol–water partition coefficient (Wildman–Crippen LogP) is 2.77. The van der Waals surface area contributed by atoms with Gasteiger partial charge < -0.3 is 5.73 Å². The molecule has 1 aliphatic carbocycles. The summed E-state index contributed by atoms with van der Waals surface area (Å²) in [6.45, 7) is 7.74. The fraction of sp³-hybridized carbons (Fsp3) is 0.867. The zero-order valence-corrected chi connectivity index (χ0v) is 12.6. The molecule has 4 heteroatoms. The maximum absolute atomic E-state index is 6.66. The molecule has 0 bridgehead atoms. The largest absolute Gasteiger partial charge is 0.325 e. The number of aryl methyl sites for hydroxylation is 1. The van der Waals surface area contributed by atoms with Crippen molar-refractivity contribution in [1.82, 2.24) is 14.8 Å². The van der Waals surface area contributed by atoms with Crippen LogP contribution in [0.4, 0.5) is 0 Å². The van der Waals surface area contributed by atoms with Gasteiger partial charge in [0.2, 0.25) is 0 Å². The van der Waals surface area contributed by atoms with Crippen LogP contribution in [0.25, 0.3) is 0 Å². The molecule has 4 nitrogen and oxygen atoms in total. The Bertz CT molecular complexity index is 399. The Balaban J connectivity index is 2.05. The molecule has 1 aromatic rings. The molecule has 1 fully saturated rings. The van der Waals surface area contributed by atoms with Gasteiger partial charge >= 0.3 is 0 Å². The van der Waals surface area contributed by atoms with Crippen LogP contribution in [-0.4, -0.2) is 20.3 Å². The van der Waals surface area contributed by atoms with E-state index < -0.39 is 0 Å². The van der Waals surface area contributed by atoms with E-state index in [0.717, 1.165) is 49.9 Å². The SMILES string of the molecule is CCCn1ncnc1CC1(N)CCCC(C(C)C)C1. The number of hydrogen-bond donors (Lipinski definition) is 1. The lowest BCUT2D eigenvalue weighted by Crippen LogP contribution is -2.47. The van der Waals surface area contributed by atoms with Gasteiger partial charge in [-0.25, -0.2) is 4.98 Å². The molecule has 2 N–H and O–H groups in total. The van der Waals surface area contributed by atoms with Crippen LogP contribution in [0.3, 0.4) is 0 Å². The summed E-state index contributed by atoms with van der Waals surface area (Å²) in [6.07, 6.45) is 8.45. The van der Waals surface area contributed by atoms with E-state index >= 15 is 0 Å². The molecule has 0 amide bonds. The number of rotatable bonds is 5. The highest BCUT2D eigenvalue weighted by Gasteiger charge is 2.35. The Morgan fingerprint density at radius 1 is 1.53 bits per heavy atom. The smallest absolute Gasteiger partial charge is 0.138 e. The molecule has 1 aliphatic rings. The summed E-state index contributed by atoms with van der Waals surface area (Å²) in [4.78, 5) is 4.42. The van der Waals surface area contributed by atoms with Gasteiger partial charge in [0.15, 0.2) is 0 Å². The normalized spacial score (nSPS) is 27.9. The van der Waals surface area contributed by atoms with Crippen LogP contribution < -0.4 is 5.73 Å². The van der Waals surface area contributed by atoms with E-state index in [1.807, 2.05) is 4.68 Å². The molecule has 2 rings (SSSR count). The Kier molecular flexibility index (Phi) is 4.61. The number of nitrogens with two attached hydrogens (primary N) is 1. The van der Waals surface area contributed by atoms with Crippen molar-refractivity contribution >= 4 is 0 Å². The van der Waals surface area contributed by atoms with Crippen molar-refractivity contribution in [3.8, 4) is 0 Å². The Hall–Kier alpha value is -0.900. The van der Waals surface area contributed by atoms with Gasteiger partial charge in [-0.3, -0.25) is 4.68 Å². The number of hydrogen-bond acceptors (Lipinski definition) is 3. The maximum atomic E-state index is 6.66. The molecular formula is C15H28N4. The van der Waals surface area contributed by atoms with Gasteiger partial charge in [-0.05, 0) is 31.1 Å². The minimum absolute atomic E-state index is 0.0777. The molecule has 0 spiro atoms. The molecule has 1 aromatic heterocycles. The third kappa shape index (κ3) is 3.56. The summed E-state index contributed by atoms with van der Waals surface area (Å²) >= 11 is 0. The van der Waals surface area contributed by atoms with Gasteiger partial charge in [0.05, 0.1) is 0 Å². The van der Waals surface area contributed by atoms with Crippen LogP contribution in [-0.2, 0) is 13.0 Å². The molecule has 1 saturated carbocycles. The van der Waals surface area contributed by atoms with Crippen molar-refractivity contribution in [1.29, 1.82) is 0 Å². The average molecular weight is 264 g/mol. The second kappa shape index (κ2) is 6.04. The second-order valence-corrected chi connectivity index (χ2v) is 6.54. The summed E-state index contributed by atoms with van der Waals surface area (Å²) < 4.78 is 2.02. The van der Waals surface area contributed by atoms with Gasteiger partial charge in [-0.15, -0.1) is 0 Å². The first-order valence-corrected chi connectivity index (χ1v) is 7.69. The molecule has 0 radical (unpaired) electrons. The zero-order chi connectivity index (χ0) is 13.9. The highest BCUT2D eigenvalue weighted by Crippen LogP contribution is 2.36. The van der Waals surface area contributed by atoms with E-state index in [4.69, 9.17) is 5.73 Å². The molecule has 2 atom stereocenters. The highest BCUT2D eigenvalue weighted by atomic mass is 15.3.